The summed E-state index contributed by atoms with van der Waals surface area (Å²) >= 11 is 0. The molecule has 21 nitrogen and oxygen atoms in total. The smallest absolute Gasteiger partial charge is 0.870 e. The summed E-state index contributed by atoms with van der Waals surface area (Å²) in [5, 5.41) is 20.0. The molecule has 6 heterocycles. The van der Waals surface area contributed by atoms with E-state index >= 15 is 0 Å². The number of hydrogen-bond donors (Lipinski definition) is 3. The molecule has 2 aliphatic heterocycles. The number of nitrogens with zero attached hydrogens (tertiary/aromatic N) is 6. The van der Waals surface area contributed by atoms with Crippen LogP contribution in [0.25, 0.3) is 67.6 Å². The summed E-state index contributed by atoms with van der Waals surface area (Å²) < 4.78 is 79.9. The van der Waals surface area contributed by atoms with Gasteiger partial charge in [0, 0.05) is 44.1 Å². The molecule has 4 N–H and O–H groups in total. The summed E-state index contributed by atoms with van der Waals surface area (Å²) in [5.41, 5.74) is 12.6. The van der Waals surface area contributed by atoms with E-state index in [-0.39, 0.29) is 64.2 Å². The number of fused-ring (bicyclic) bond motifs is 10. The number of benzene rings is 4. The van der Waals surface area contributed by atoms with E-state index in [2.05, 4.69) is 35.8 Å². The topological polar surface area (TPSA) is 284 Å². The van der Waals surface area contributed by atoms with Gasteiger partial charge < -0.3 is 33.9 Å². The van der Waals surface area contributed by atoms with Crippen molar-refractivity contribution in [2.45, 2.75) is 187 Å². The first-order valence-electron chi connectivity index (χ1n) is 33.3. The first-order valence-corrected chi connectivity index (χ1v) is 36.4. The Balaban J connectivity index is 0.000000225. The molecule has 2 amide bonds. The maximum atomic E-state index is 13.4. The van der Waals surface area contributed by atoms with Crippen molar-refractivity contribution in [2.75, 3.05) is 20.8 Å². The number of ether oxygens (including phenoxy) is 3. The van der Waals surface area contributed by atoms with E-state index in [1.165, 1.54) is 57.9 Å². The number of carboxylic acids is 1. The Morgan fingerprint density at radius 3 is 1.32 bits per heavy atom. The third-order valence-corrected chi connectivity index (χ3v) is 22.4. The van der Waals surface area contributed by atoms with Gasteiger partial charge in [0.15, 0.2) is 0 Å². The molecule has 98 heavy (non-hydrogen) atoms. The molecule has 4 aromatic heterocycles. The van der Waals surface area contributed by atoms with E-state index in [1.54, 1.807) is 56.3 Å². The molecule has 4 aromatic carbocycles. The number of esters is 1. The monoisotopic (exact) mass is 1380 g/mol. The summed E-state index contributed by atoms with van der Waals surface area (Å²) in [6, 6.07) is 22.9. The van der Waals surface area contributed by atoms with Gasteiger partial charge in [-0.2, -0.15) is 10.2 Å². The molecule has 24 heteroatoms. The molecular weight excluding hydrogens is 1300 g/mol. The molecular formula is C74H89N8NaO13S2. The van der Waals surface area contributed by atoms with Gasteiger partial charge in [-0.1, -0.05) is 50.7 Å². The standard InChI is InChI=1S/C38H46N4O6S.C36H42N4O6S.Na.H2O/c1-8-48-37(44)31-21-39-42(38(4,5)6)34(31)27-18-26-19-28(47-7)15-17-29(26)35-33(24-12-10-9-11-13-24)30-16-14-25(20-32(30)41(35)22-27)36(43)40-49(45,46)23(2)3;1-21(2)47(44,45)38-34(41)23-12-14-28-30(18-23)39-20-25(32-29(35(42)43)19-37-40(32)36(3,4)5)16-24-17-26(46-6)13-15-27(24)33(39)31(28)22-10-8-7-9-11-22;;/h14-21,23-24H,8-13,22H2,1-7H3,(H,40,43);12-19,21-22H,7-11,20H2,1-6H3,(H,38,41)(H,42,43);;1H2/q;;+1;/p-1. The first kappa shape index (κ1) is 74.4. The zero-order chi connectivity index (χ0) is 69.1. The Labute approximate surface area is 596 Å². The van der Waals surface area contributed by atoms with Crippen molar-refractivity contribution in [3.8, 4) is 34.0 Å². The van der Waals surface area contributed by atoms with Gasteiger partial charge in [0.05, 0.1) is 90.7 Å². The number of carbonyl (C=O) groups is 4. The van der Waals surface area contributed by atoms with Crippen LogP contribution in [0.3, 0.4) is 0 Å². The molecule has 0 unspecified atom stereocenters. The number of hydrogen-bond acceptors (Lipinski definition) is 14. The van der Waals surface area contributed by atoms with E-state index in [4.69, 9.17) is 19.3 Å². The minimum atomic E-state index is -3.84. The molecule has 4 aliphatic rings. The Hall–Kier alpha value is -7.80. The molecule has 0 saturated heterocycles. The molecule has 2 aliphatic carbocycles. The van der Waals surface area contributed by atoms with Crippen molar-refractivity contribution in [1.29, 1.82) is 0 Å². The molecule has 8 aromatic rings. The van der Waals surface area contributed by atoms with Crippen LogP contribution in [0, 0.1) is 0 Å². The summed E-state index contributed by atoms with van der Waals surface area (Å²) in [6.45, 7) is 20.9. The van der Waals surface area contributed by atoms with E-state index in [9.17, 15) is 41.1 Å². The predicted octanol–water partition coefficient (Wildman–Crippen LogP) is 11.4. The third-order valence-electron chi connectivity index (χ3n) is 19.0. The SMILES string of the molecule is CCOC(=O)c1cnn(C(C)(C)C)c1C1=Cc2cc(OC)ccc2-c2c(C3CCCCC3)c3ccc(C(=O)NS(=O)(=O)C(C)C)cc3n2C1.COc1ccc2c(c1)C=C(c1c(C(=O)O)cnn1C(C)(C)C)Cn1c-2c(C2CCCCC2)c2ccc(C(=O)NS(=O)(=O)C(C)C)cc21.[Na+].[OH-]. The van der Waals surface area contributed by atoms with Crippen molar-refractivity contribution in [3.63, 3.8) is 0 Å². The van der Waals surface area contributed by atoms with Gasteiger partial charge in [0.25, 0.3) is 11.8 Å². The van der Waals surface area contributed by atoms with Crippen LogP contribution in [0.4, 0.5) is 0 Å². The molecule has 0 radical (unpaired) electrons. The van der Waals surface area contributed by atoms with Crippen LogP contribution in [-0.2, 0) is 49.0 Å². The number of carbonyl (C=O) groups excluding carboxylic acids is 3. The average molecular weight is 1390 g/mol. The van der Waals surface area contributed by atoms with E-state index in [0.29, 0.717) is 47.5 Å². The van der Waals surface area contributed by atoms with Crippen LogP contribution < -0.4 is 48.5 Å². The summed E-state index contributed by atoms with van der Waals surface area (Å²) in [4.78, 5) is 52.8. The number of rotatable bonds is 15. The largest absolute Gasteiger partial charge is 1.00 e. The second-order valence-corrected chi connectivity index (χ2v) is 32.6. The number of aromatic nitrogens is 6. The van der Waals surface area contributed by atoms with Crippen molar-refractivity contribution >= 4 is 88.9 Å². The minimum absolute atomic E-state index is 0. The summed E-state index contributed by atoms with van der Waals surface area (Å²) in [6.07, 6.45) is 18.2. The van der Waals surface area contributed by atoms with Gasteiger partial charge in [-0.25, -0.2) is 35.9 Å². The van der Waals surface area contributed by atoms with Crippen LogP contribution in [0.1, 0.15) is 227 Å². The Kier molecular flexibility index (Phi) is 22.2. The zero-order valence-electron chi connectivity index (χ0n) is 58.6. The molecule has 0 atom stereocenters. The van der Waals surface area contributed by atoms with Gasteiger partial charge in [0.2, 0.25) is 20.0 Å². The summed E-state index contributed by atoms with van der Waals surface area (Å²) in [7, 11) is -4.41. The second kappa shape index (κ2) is 29.2. The van der Waals surface area contributed by atoms with Gasteiger partial charge in [-0.3, -0.25) is 19.0 Å². The maximum Gasteiger partial charge on any atom is 1.00 e. The Morgan fingerprint density at radius 2 is 0.959 bits per heavy atom. The van der Waals surface area contributed by atoms with Gasteiger partial charge in [-0.15, -0.1) is 0 Å². The van der Waals surface area contributed by atoms with Gasteiger partial charge >= 0.3 is 41.5 Å². The van der Waals surface area contributed by atoms with Crippen molar-refractivity contribution in [2.24, 2.45) is 0 Å². The van der Waals surface area contributed by atoms with Crippen LogP contribution in [0.5, 0.6) is 11.5 Å². The number of methoxy groups -OCH3 is 2. The first-order chi connectivity index (χ1) is 45.5. The van der Waals surface area contributed by atoms with Gasteiger partial charge in [0.1, 0.15) is 22.6 Å². The predicted molar refractivity (Wildman–Crippen MR) is 378 cm³/mol. The Bertz CT molecular complexity index is 4720. The van der Waals surface area contributed by atoms with Crippen LogP contribution in [0.15, 0.2) is 85.2 Å². The number of carboxylic acid groups (broad SMARTS) is 1. The van der Waals surface area contributed by atoms with Crippen LogP contribution >= 0.6 is 0 Å². The average Bonchev–Trinajstić information content (AvgIpc) is 1.57. The molecule has 12 rings (SSSR count). The quantitative estimate of drug-likeness (QED) is 0.0635. The third kappa shape index (κ3) is 14.5. The molecule has 0 bridgehead atoms. The molecule has 2 saturated carbocycles. The summed E-state index contributed by atoms with van der Waals surface area (Å²) in [5.74, 6) is -0.907. The number of allylic oxidation sites excluding steroid dienone is 2. The van der Waals surface area contributed by atoms with E-state index < -0.39 is 65.4 Å². The number of sulfonamides is 2. The molecule has 516 valence electrons. The Morgan fingerprint density at radius 1 is 0.571 bits per heavy atom. The number of nitrogens with one attached hydrogen (secondary N) is 2. The van der Waals surface area contributed by atoms with Crippen LogP contribution in [-0.4, -0.2) is 111 Å². The van der Waals surface area contributed by atoms with Crippen LogP contribution in [0.2, 0.25) is 0 Å². The van der Waals surface area contributed by atoms with Crippen molar-refractivity contribution in [3.05, 3.63) is 141 Å². The maximum absolute atomic E-state index is 13.4. The minimum Gasteiger partial charge on any atom is -0.870 e. The van der Waals surface area contributed by atoms with E-state index in [0.717, 1.165) is 118 Å². The van der Waals surface area contributed by atoms with Crippen molar-refractivity contribution < 1.29 is 90.4 Å². The number of amides is 2. The number of aromatic carboxylic acids is 1. The van der Waals surface area contributed by atoms with Crippen molar-refractivity contribution in [1.82, 2.24) is 38.1 Å². The fourth-order valence-electron chi connectivity index (χ4n) is 14.1. The normalized spacial score (nSPS) is 15.2. The van der Waals surface area contributed by atoms with Gasteiger partial charge in [-0.05, 0) is 220 Å². The molecule has 2 fully saturated rings. The zero-order valence-corrected chi connectivity index (χ0v) is 62.3. The fourth-order valence-corrected chi connectivity index (χ4v) is 15.3. The second-order valence-electron chi connectivity index (χ2n) is 28.1. The van der Waals surface area contributed by atoms with E-state index in [1.807, 2.05) is 94.8 Å². The molecule has 0 spiro atoms. The fraction of sp³-hybridized carbons (Fsp3) is 0.432.